The minimum Gasteiger partial charge on any atom is -0.493 e. The highest BCUT2D eigenvalue weighted by atomic mass is 16.5. The Bertz CT molecular complexity index is 2080. The van der Waals surface area contributed by atoms with E-state index in [0.717, 1.165) is 47.2 Å². The van der Waals surface area contributed by atoms with Crippen molar-refractivity contribution in [3.63, 3.8) is 0 Å². The van der Waals surface area contributed by atoms with Crippen LogP contribution in [0.3, 0.4) is 0 Å². The number of hydrogen-bond donors (Lipinski definition) is 0. The number of amides is 1. The van der Waals surface area contributed by atoms with Gasteiger partial charge in [-0.1, -0.05) is 12.1 Å². The zero-order valence-electron chi connectivity index (χ0n) is 30.1. The molecule has 0 aromatic heterocycles. The summed E-state index contributed by atoms with van der Waals surface area (Å²) in [4.78, 5) is 29.3. The van der Waals surface area contributed by atoms with Crippen LogP contribution < -0.4 is 33.4 Å². The second kappa shape index (κ2) is 13.3. The molecule has 0 spiro atoms. The molecule has 1 unspecified atom stereocenters. The number of fused-ring (bicyclic) bond motifs is 2. The molecule has 5 heterocycles. The Hall–Kier alpha value is -5.46. The van der Waals surface area contributed by atoms with Crippen molar-refractivity contribution in [3.8, 4) is 46.0 Å². The molecule has 0 aliphatic carbocycles. The Morgan fingerprint density at radius 3 is 2.12 bits per heavy atom. The standard InChI is InChI=1S/C40H41N3O9/c1-41-13-11-23-17-31(46-2)34-20-27(23)29(41)15-22-7-9-26(10-8-22)51-33-19-25-16-30-36-24(18-35(48-4)37(49-5)38(36)52-34)12-14-42(30)43(39(44)40(45)50-6)28(25)21-32(33)47-3/h7-10,17-21,29-30H,11-16H2,1-6H3/t29?,30-/m0/s1. The number of benzene rings is 4. The number of rotatable bonds is 4. The van der Waals surface area contributed by atoms with E-state index < -0.39 is 17.9 Å². The third-order valence-electron chi connectivity index (χ3n) is 10.7. The Balaban J connectivity index is 1.41. The van der Waals surface area contributed by atoms with Crippen molar-refractivity contribution in [2.75, 3.05) is 60.7 Å². The van der Waals surface area contributed by atoms with Crippen LogP contribution in [0.5, 0.6) is 46.0 Å². The molecule has 1 amide bonds. The molecule has 7 bridgehead atoms. The van der Waals surface area contributed by atoms with Crippen LogP contribution in [0.4, 0.5) is 5.69 Å². The highest BCUT2D eigenvalue weighted by molar-refractivity contribution is 6.38. The summed E-state index contributed by atoms with van der Waals surface area (Å²) in [6.07, 6.45) is 2.60. The maximum Gasteiger partial charge on any atom is 0.398 e. The Morgan fingerprint density at radius 1 is 0.712 bits per heavy atom. The van der Waals surface area contributed by atoms with Crippen molar-refractivity contribution < 1.29 is 42.7 Å². The van der Waals surface area contributed by atoms with Crippen LogP contribution in [0.25, 0.3) is 0 Å². The van der Waals surface area contributed by atoms with E-state index in [9.17, 15) is 9.59 Å². The summed E-state index contributed by atoms with van der Waals surface area (Å²) in [6.45, 7) is 1.31. The van der Waals surface area contributed by atoms with Crippen LogP contribution >= 0.6 is 0 Å². The van der Waals surface area contributed by atoms with Crippen molar-refractivity contribution in [2.45, 2.75) is 37.8 Å². The van der Waals surface area contributed by atoms with Gasteiger partial charge in [-0.2, -0.15) is 0 Å². The molecule has 0 radical (unpaired) electrons. The highest BCUT2D eigenvalue weighted by Gasteiger charge is 2.45. The largest absolute Gasteiger partial charge is 0.493 e. The number of ether oxygens (including phenoxy) is 7. The predicted molar refractivity (Wildman–Crippen MR) is 191 cm³/mol. The molecule has 0 saturated heterocycles. The van der Waals surface area contributed by atoms with Gasteiger partial charge in [0.2, 0.25) is 5.75 Å². The fourth-order valence-electron chi connectivity index (χ4n) is 8.12. The molecule has 52 heavy (non-hydrogen) atoms. The number of anilines is 1. The first-order valence-electron chi connectivity index (χ1n) is 17.3. The summed E-state index contributed by atoms with van der Waals surface area (Å²) in [5, 5.41) is 3.30. The van der Waals surface area contributed by atoms with E-state index in [2.05, 4.69) is 36.2 Å². The number of carbonyl (C=O) groups is 2. The highest BCUT2D eigenvalue weighted by Crippen LogP contribution is 2.54. The zero-order valence-corrected chi connectivity index (χ0v) is 30.1. The zero-order chi connectivity index (χ0) is 36.3. The van der Waals surface area contributed by atoms with E-state index in [-0.39, 0.29) is 6.04 Å². The monoisotopic (exact) mass is 707 g/mol. The number of carbonyl (C=O) groups excluding carboxylic acids is 2. The number of hydrogen-bond acceptors (Lipinski definition) is 11. The van der Waals surface area contributed by atoms with Gasteiger partial charge in [0.15, 0.2) is 34.5 Å². The molecule has 5 aliphatic rings. The topological polar surface area (TPSA) is 108 Å². The van der Waals surface area contributed by atoms with Crippen molar-refractivity contribution in [1.82, 2.24) is 9.91 Å². The molecule has 0 fully saturated rings. The molecule has 5 aliphatic heterocycles. The molecule has 0 N–H and O–H groups in total. The predicted octanol–water partition coefficient (Wildman–Crippen LogP) is 5.97. The Kier molecular flexibility index (Phi) is 8.59. The SMILES string of the molecule is COC(=O)C(=O)N1c2cc(OC)c3cc2C[C@H]2c4c(cc(OC)c(OC)c4Oc4cc5c(cc4OC)CCN(C)C5Cc4ccc(cc4)O3)CCN21. The molecular formula is C40H41N3O9. The first kappa shape index (κ1) is 33.7. The Labute approximate surface area is 302 Å². The van der Waals surface area contributed by atoms with Gasteiger partial charge in [0, 0.05) is 30.8 Å². The molecule has 4 aromatic rings. The summed E-state index contributed by atoms with van der Waals surface area (Å²) in [6, 6.07) is 17.4. The normalized spacial score (nSPS) is 18.8. The van der Waals surface area contributed by atoms with E-state index in [1.54, 1.807) is 34.5 Å². The third kappa shape index (κ3) is 5.44. The quantitative estimate of drug-likeness (QED) is 0.185. The first-order valence-corrected chi connectivity index (χ1v) is 17.3. The van der Waals surface area contributed by atoms with Crippen molar-refractivity contribution in [2.24, 2.45) is 0 Å². The van der Waals surface area contributed by atoms with Crippen molar-refractivity contribution >= 4 is 17.6 Å². The fraction of sp³-hybridized carbons (Fsp3) is 0.350. The van der Waals surface area contributed by atoms with Gasteiger partial charge in [-0.05, 0) is 96.9 Å². The number of nitrogens with zero attached hydrogens (tertiary/aromatic N) is 3. The number of methoxy groups -OCH3 is 5. The van der Waals surface area contributed by atoms with E-state index in [4.69, 9.17) is 33.2 Å². The molecular weight excluding hydrogens is 666 g/mol. The molecule has 0 saturated carbocycles. The third-order valence-corrected chi connectivity index (χ3v) is 10.7. The van der Waals surface area contributed by atoms with Gasteiger partial charge in [-0.3, -0.25) is 9.69 Å². The maximum absolute atomic E-state index is 14.0. The molecule has 9 rings (SSSR count). The fourth-order valence-corrected chi connectivity index (χ4v) is 8.12. The minimum absolute atomic E-state index is 0.0747. The van der Waals surface area contributed by atoms with Crippen LogP contribution in [0.15, 0.2) is 54.6 Å². The second-order valence-corrected chi connectivity index (χ2v) is 13.4. The maximum atomic E-state index is 14.0. The van der Waals surface area contributed by atoms with E-state index >= 15 is 0 Å². The van der Waals surface area contributed by atoms with Crippen LogP contribution in [0.1, 0.15) is 45.5 Å². The van der Waals surface area contributed by atoms with Crippen LogP contribution in [0.2, 0.25) is 0 Å². The lowest BCUT2D eigenvalue weighted by Gasteiger charge is -2.48. The summed E-state index contributed by atoms with van der Waals surface area (Å²) in [7, 11) is 9.71. The lowest BCUT2D eigenvalue weighted by Crippen LogP contribution is -2.56. The summed E-state index contributed by atoms with van der Waals surface area (Å²) in [5.74, 6) is 2.19. The van der Waals surface area contributed by atoms with E-state index in [1.165, 1.54) is 17.7 Å². The second-order valence-electron chi connectivity index (χ2n) is 13.4. The lowest BCUT2D eigenvalue weighted by atomic mass is 9.85. The summed E-state index contributed by atoms with van der Waals surface area (Å²) < 4.78 is 42.1. The van der Waals surface area contributed by atoms with Gasteiger partial charge in [0.1, 0.15) is 5.75 Å². The number of esters is 1. The first-order chi connectivity index (χ1) is 25.3. The van der Waals surface area contributed by atoms with Crippen molar-refractivity contribution in [3.05, 3.63) is 88.0 Å². The molecule has 270 valence electrons. The summed E-state index contributed by atoms with van der Waals surface area (Å²) in [5.41, 5.74) is 6.54. The lowest BCUT2D eigenvalue weighted by molar-refractivity contribution is -0.153. The van der Waals surface area contributed by atoms with Gasteiger partial charge < -0.3 is 33.2 Å². The number of hydrazine groups is 1. The average molecular weight is 708 g/mol. The van der Waals surface area contributed by atoms with Gasteiger partial charge in [-0.15, -0.1) is 0 Å². The Morgan fingerprint density at radius 2 is 1.40 bits per heavy atom. The smallest absolute Gasteiger partial charge is 0.398 e. The average Bonchev–Trinajstić information content (AvgIpc) is 3.16. The van der Waals surface area contributed by atoms with Gasteiger partial charge in [0.05, 0.1) is 47.3 Å². The minimum atomic E-state index is -0.992. The van der Waals surface area contributed by atoms with Gasteiger partial charge in [-0.25, -0.2) is 14.8 Å². The van der Waals surface area contributed by atoms with Crippen LogP contribution in [0, 0.1) is 0 Å². The molecule has 4 aromatic carbocycles. The van der Waals surface area contributed by atoms with Gasteiger partial charge >= 0.3 is 11.9 Å². The summed E-state index contributed by atoms with van der Waals surface area (Å²) >= 11 is 0. The van der Waals surface area contributed by atoms with E-state index in [1.807, 2.05) is 29.3 Å². The van der Waals surface area contributed by atoms with Crippen molar-refractivity contribution in [1.29, 1.82) is 0 Å². The van der Waals surface area contributed by atoms with E-state index in [0.29, 0.717) is 71.1 Å². The number of likely N-dealkylation sites (N-methyl/N-ethyl adjacent to an activating group) is 1. The molecule has 12 nitrogen and oxygen atoms in total. The van der Waals surface area contributed by atoms with Gasteiger partial charge in [0.25, 0.3) is 0 Å². The van der Waals surface area contributed by atoms with Crippen LogP contribution in [-0.4, -0.2) is 77.5 Å². The molecule has 2 atom stereocenters. The molecule has 12 heteroatoms. The van der Waals surface area contributed by atoms with Crippen LogP contribution in [-0.2, 0) is 40.0 Å².